The maximum atomic E-state index is 12.3. The Bertz CT molecular complexity index is 868. The Balaban J connectivity index is 1.57. The van der Waals surface area contributed by atoms with Gasteiger partial charge in [0.1, 0.15) is 0 Å². The summed E-state index contributed by atoms with van der Waals surface area (Å²) in [6, 6.07) is 10.2. The molecule has 0 unspecified atom stereocenters. The monoisotopic (exact) mass is 389 g/mol. The summed E-state index contributed by atoms with van der Waals surface area (Å²) in [5.41, 5.74) is 3.12. The van der Waals surface area contributed by atoms with E-state index in [4.69, 9.17) is 0 Å². The Morgan fingerprint density at radius 2 is 1.92 bits per heavy atom. The van der Waals surface area contributed by atoms with E-state index in [-0.39, 0.29) is 5.78 Å². The van der Waals surface area contributed by atoms with Gasteiger partial charge in [0.2, 0.25) is 5.13 Å². The molecule has 4 nitrogen and oxygen atoms in total. The van der Waals surface area contributed by atoms with Gasteiger partial charge in [0.25, 0.3) is 0 Å². The van der Waals surface area contributed by atoms with Gasteiger partial charge in [-0.05, 0) is 44.0 Å². The molecule has 2 heterocycles. The number of nitrogens with one attached hydrogen (secondary N) is 1. The first-order valence-corrected chi connectivity index (χ1v) is 10.6. The summed E-state index contributed by atoms with van der Waals surface area (Å²) in [5.74, 6) is 0.531. The quantitative estimate of drug-likeness (QED) is 0.427. The molecule has 2 aromatic heterocycles. The highest BCUT2D eigenvalue weighted by molar-refractivity contribution is 8.01. The van der Waals surface area contributed by atoms with Crippen LogP contribution in [-0.4, -0.2) is 21.7 Å². The molecule has 1 aromatic carbocycles. The van der Waals surface area contributed by atoms with E-state index < -0.39 is 0 Å². The third kappa shape index (κ3) is 4.68. The fourth-order valence-corrected chi connectivity index (χ4v) is 4.98. The fourth-order valence-electron chi connectivity index (χ4n) is 2.38. The van der Waals surface area contributed by atoms with Crippen LogP contribution in [0.4, 0.5) is 10.8 Å². The maximum absolute atomic E-state index is 12.3. The lowest BCUT2D eigenvalue weighted by Gasteiger charge is -2.02. The van der Waals surface area contributed by atoms with Crippen molar-refractivity contribution in [3.63, 3.8) is 0 Å². The van der Waals surface area contributed by atoms with Crippen LogP contribution in [0.2, 0.25) is 0 Å². The van der Waals surface area contributed by atoms with Crippen molar-refractivity contribution in [1.29, 1.82) is 0 Å². The van der Waals surface area contributed by atoms with Gasteiger partial charge in [0.05, 0.1) is 5.75 Å². The van der Waals surface area contributed by atoms with Gasteiger partial charge in [-0.15, -0.1) is 21.5 Å². The van der Waals surface area contributed by atoms with E-state index in [1.54, 1.807) is 11.3 Å². The van der Waals surface area contributed by atoms with Crippen molar-refractivity contribution in [2.45, 2.75) is 31.5 Å². The molecule has 0 bridgehead atoms. The number of aryl methyl sites for hydroxylation is 3. The average Bonchev–Trinajstić information content (AvgIpc) is 3.19. The van der Waals surface area contributed by atoms with Crippen molar-refractivity contribution in [2.75, 3.05) is 11.1 Å². The molecule has 1 N–H and O–H groups in total. The molecular formula is C18H19N3OS3. The molecule has 0 aliphatic rings. The molecule has 0 radical (unpaired) electrons. The van der Waals surface area contributed by atoms with Crippen molar-refractivity contribution >= 4 is 51.0 Å². The third-order valence-electron chi connectivity index (χ3n) is 3.69. The first-order valence-electron chi connectivity index (χ1n) is 7.97. The van der Waals surface area contributed by atoms with E-state index in [1.165, 1.54) is 33.5 Å². The van der Waals surface area contributed by atoms with Crippen molar-refractivity contribution < 1.29 is 4.79 Å². The highest BCUT2D eigenvalue weighted by Crippen LogP contribution is 2.29. The number of thioether (sulfide) groups is 1. The Kier molecular flexibility index (Phi) is 5.88. The van der Waals surface area contributed by atoms with E-state index in [9.17, 15) is 4.79 Å². The number of nitrogens with zero attached hydrogens (tertiary/aromatic N) is 2. The van der Waals surface area contributed by atoms with E-state index in [0.717, 1.165) is 32.0 Å². The van der Waals surface area contributed by atoms with Crippen LogP contribution in [0.1, 0.15) is 32.6 Å². The largest absolute Gasteiger partial charge is 0.330 e. The number of anilines is 2. The SMILES string of the molecule is CCc1ccc(Nc2nnc(SCC(=O)c3cc(C)sc3C)s2)cc1. The van der Waals surface area contributed by atoms with Gasteiger partial charge < -0.3 is 5.32 Å². The van der Waals surface area contributed by atoms with Crippen molar-refractivity contribution in [2.24, 2.45) is 0 Å². The fraction of sp³-hybridized carbons (Fsp3) is 0.278. The van der Waals surface area contributed by atoms with E-state index in [0.29, 0.717) is 5.75 Å². The number of benzene rings is 1. The number of Topliss-reactive ketones (excluding diaryl/α,β-unsaturated/α-hetero) is 1. The van der Waals surface area contributed by atoms with Crippen LogP contribution in [-0.2, 0) is 6.42 Å². The van der Waals surface area contributed by atoms with Gasteiger partial charge in [-0.1, -0.05) is 42.2 Å². The second kappa shape index (κ2) is 8.12. The maximum Gasteiger partial charge on any atom is 0.210 e. The molecule has 7 heteroatoms. The molecule has 0 aliphatic heterocycles. The Labute approximate surface area is 159 Å². The Morgan fingerprint density at radius 1 is 1.16 bits per heavy atom. The standard InChI is InChI=1S/C18H19N3OS3/c1-4-13-5-7-14(8-6-13)19-17-20-21-18(25-17)23-10-16(22)15-9-11(2)24-12(15)3/h5-9H,4,10H2,1-3H3,(H,19,20). The van der Waals surface area contributed by atoms with E-state index in [2.05, 4.69) is 34.6 Å². The molecule has 0 saturated heterocycles. The number of carbonyl (C=O) groups is 1. The smallest absolute Gasteiger partial charge is 0.210 e. The second-order valence-electron chi connectivity index (χ2n) is 5.59. The number of aromatic nitrogens is 2. The number of thiophene rings is 1. The lowest BCUT2D eigenvalue weighted by Crippen LogP contribution is -2.02. The van der Waals surface area contributed by atoms with Crippen molar-refractivity contribution in [3.05, 3.63) is 51.2 Å². The third-order valence-corrected chi connectivity index (χ3v) is 6.63. The molecule has 130 valence electrons. The van der Waals surface area contributed by atoms with Gasteiger partial charge in [-0.2, -0.15) is 0 Å². The molecule has 3 aromatic rings. The molecular weight excluding hydrogens is 370 g/mol. The highest BCUT2D eigenvalue weighted by Gasteiger charge is 2.14. The van der Waals surface area contributed by atoms with Gasteiger partial charge in [-0.25, -0.2) is 0 Å². The van der Waals surface area contributed by atoms with Crippen LogP contribution >= 0.6 is 34.4 Å². The summed E-state index contributed by atoms with van der Waals surface area (Å²) in [7, 11) is 0. The zero-order valence-electron chi connectivity index (χ0n) is 14.3. The number of hydrogen-bond acceptors (Lipinski definition) is 7. The van der Waals surface area contributed by atoms with Crippen LogP contribution in [0.15, 0.2) is 34.7 Å². The van der Waals surface area contributed by atoms with Crippen LogP contribution in [0.3, 0.4) is 0 Å². The highest BCUT2D eigenvalue weighted by atomic mass is 32.2. The normalized spacial score (nSPS) is 10.8. The predicted molar refractivity (Wildman–Crippen MR) is 108 cm³/mol. The first-order chi connectivity index (χ1) is 12.0. The molecule has 0 spiro atoms. The minimum atomic E-state index is 0.145. The summed E-state index contributed by atoms with van der Waals surface area (Å²) >= 11 is 4.56. The van der Waals surface area contributed by atoms with E-state index in [1.807, 2.05) is 32.0 Å². The summed E-state index contributed by atoms with van der Waals surface area (Å²) in [6.07, 6.45) is 1.02. The molecule has 0 fully saturated rings. The predicted octanol–water partition coefficient (Wildman–Crippen LogP) is 5.50. The van der Waals surface area contributed by atoms with Crippen molar-refractivity contribution in [1.82, 2.24) is 10.2 Å². The first kappa shape index (κ1) is 18.1. The molecule has 0 atom stereocenters. The van der Waals surface area contributed by atoms with Gasteiger partial charge in [-0.3, -0.25) is 4.79 Å². The lowest BCUT2D eigenvalue weighted by atomic mass is 10.1. The molecule has 25 heavy (non-hydrogen) atoms. The molecule has 0 aliphatic carbocycles. The summed E-state index contributed by atoms with van der Waals surface area (Å²) in [6.45, 7) is 6.15. The van der Waals surface area contributed by atoms with Crippen LogP contribution < -0.4 is 5.32 Å². The van der Waals surface area contributed by atoms with Crippen LogP contribution in [0.25, 0.3) is 0 Å². The zero-order valence-corrected chi connectivity index (χ0v) is 16.8. The number of rotatable bonds is 7. The lowest BCUT2D eigenvalue weighted by molar-refractivity contribution is 0.102. The number of carbonyl (C=O) groups excluding carboxylic acids is 1. The molecule has 3 rings (SSSR count). The minimum absolute atomic E-state index is 0.145. The van der Waals surface area contributed by atoms with Gasteiger partial charge in [0.15, 0.2) is 10.1 Å². The summed E-state index contributed by atoms with van der Waals surface area (Å²) < 4.78 is 0.797. The summed E-state index contributed by atoms with van der Waals surface area (Å²) in [5, 5.41) is 12.3. The molecule has 0 amide bonds. The molecule has 0 saturated carbocycles. The van der Waals surface area contributed by atoms with E-state index >= 15 is 0 Å². The van der Waals surface area contributed by atoms with Gasteiger partial charge >= 0.3 is 0 Å². The van der Waals surface area contributed by atoms with Crippen LogP contribution in [0.5, 0.6) is 0 Å². The zero-order chi connectivity index (χ0) is 17.8. The van der Waals surface area contributed by atoms with Crippen molar-refractivity contribution in [3.8, 4) is 0 Å². The number of ketones is 1. The topological polar surface area (TPSA) is 54.9 Å². The second-order valence-corrected chi connectivity index (χ2v) is 9.25. The minimum Gasteiger partial charge on any atom is -0.330 e. The Morgan fingerprint density at radius 3 is 2.56 bits per heavy atom. The number of hydrogen-bond donors (Lipinski definition) is 1. The van der Waals surface area contributed by atoms with Crippen LogP contribution in [0, 0.1) is 13.8 Å². The Hall–Kier alpha value is -1.70. The summed E-state index contributed by atoms with van der Waals surface area (Å²) in [4.78, 5) is 14.6. The average molecular weight is 390 g/mol. The van der Waals surface area contributed by atoms with Gasteiger partial charge in [0, 0.05) is 21.0 Å².